The van der Waals surface area contributed by atoms with Gasteiger partial charge in [-0.05, 0) is 74.0 Å². The maximum absolute atomic E-state index is 13.0. The summed E-state index contributed by atoms with van der Waals surface area (Å²) < 4.78 is 18.8. The number of aliphatic hydroxyl groups is 1. The van der Waals surface area contributed by atoms with Crippen LogP contribution in [-0.4, -0.2) is 46.8 Å². The zero-order valence-corrected chi connectivity index (χ0v) is 24.3. The first-order valence-electron chi connectivity index (χ1n) is 14.6. The van der Waals surface area contributed by atoms with E-state index in [9.17, 15) is 9.90 Å². The summed E-state index contributed by atoms with van der Waals surface area (Å²) in [6.45, 7) is 7.68. The Balaban J connectivity index is 1.36. The first-order chi connectivity index (χ1) is 19.7. The number of carbonyl (C=O) groups is 1. The molecule has 2 aliphatic heterocycles. The Labute approximate surface area is 243 Å². The number of likely N-dealkylation sites (tertiary alicyclic amines) is 1. The lowest BCUT2D eigenvalue weighted by Gasteiger charge is -2.38. The topological polar surface area (TPSA) is 94.2 Å². The van der Waals surface area contributed by atoms with Crippen molar-refractivity contribution in [1.29, 1.82) is 0 Å². The summed E-state index contributed by atoms with van der Waals surface area (Å²) in [6, 6.07) is 24.2. The minimum absolute atomic E-state index is 0.00170. The molecule has 0 spiro atoms. The van der Waals surface area contributed by atoms with E-state index in [1.807, 2.05) is 57.2 Å². The molecule has 0 aliphatic carbocycles. The molecule has 0 unspecified atom stereocenters. The summed E-state index contributed by atoms with van der Waals surface area (Å²) in [5.74, 6) is -0.163. The summed E-state index contributed by atoms with van der Waals surface area (Å²) in [5, 5.41) is 9.50. The Hall–Kier alpha value is -3.07. The molecule has 0 aromatic heterocycles. The third-order valence-electron chi connectivity index (χ3n) is 7.77. The number of carbonyl (C=O) groups excluding carboxylic acids is 1. The molecule has 2 aliphatic rings. The summed E-state index contributed by atoms with van der Waals surface area (Å²) in [5.41, 5.74) is 11.5. The molecule has 0 bridgehead atoms. The molecule has 41 heavy (non-hydrogen) atoms. The van der Waals surface area contributed by atoms with Crippen molar-refractivity contribution in [3.8, 4) is 11.1 Å². The van der Waals surface area contributed by atoms with E-state index >= 15 is 0 Å². The second-order valence-corrected chi connectivity index (χ2v) is 12.1. The highest BCUT2D eigenvalue weighted by Crippen LogP contribution is 2.39. The van der Waals surface area contributed by atoms with Gasteiger partial charge in [-0.25, -0.2) is 0 Å². The van der Waals surface area contributed by atoms with Crippen LogP contribution in [0.5, 0.6) is 0 Å². The smallest absolute Gasteiger partial charge is 0.323 e. The highest BCUT2D eigenvalue weighted by molar-refractivity contribution is 5.76. The van der Waals surface area contributed by atoms with Crippen LogP contribution in [0.25, 0.3) is 11.1 Å². The van der Waals surface area contributed by atoms with E-state index in [2.05, 4.69) is 41.3 Å². The average molecular weight is 559 g/mol. The predicted octanol–water partition coefficient (Wildman–Crippen LogP) is 5.66. The van der Waals surface area contributed by atoms with Gasteiger partial charge in [-0.2, -0.15) is 0 Å². The van der Waals surface area contributed by atoms with Crippen molar-refractivity contribution in [2.24, 2.45) is 5.73 Å². The number of ether oxygens (including phenoxy) is 3. The minimum Gasteiger partial charge on any atom is -0.459 e. The summed E-state index contributed by atoms with van der Waals surface area (Å²) in [4.78, 5) is 15.2. The molecular weight excluding hydrogens is 516 g/mol. The zero-order chi connectivity index (χ0) is 29.0. The average Bonchev–Trinajstić information content (AvgIpc) is 3.44. The number of rotatable bonds is 8. The quantitative estimate of drug-likeness (QED) is 0.345. The van der Waals surface area contributed by atoms with Crippen molar-refractivity contribution in [1.82, 2.24) is 4.90 Å². The van der Waals surface area contributed by atoms with Crippen LogP contribution < -0.4 is 5.73 Å². The highest BCUT2D eigenvalue weighted by atomic mass is 16.7. The van der Waals surface area contributed by atoms with Crippen LogP contribution >= 0.6 is 0 Å². The van der Waals surface area contributed by atoms with E-state index in [1.165, 1.54) is 0 Å². The lowest BCUT2D eigenvalue weighted by Crippen LogP contribution is -2.45. The maximum Gasteiger partial charge on any atom is 0.323 e. The second-order valence-electron chi connectivity index (χ2n) is 12.1. The van der Waals surface area contributed by atoms with E-state index in [0.717, 1.165) is 52.8 Å². The molecule has 7 nitrogen and oxygen atoms in total. The molecule has 2 fully saturated rings. The number of nitrogens with two attached hydrogens (primary N) is 1. The molecule has 0 radical (unpaired) electrons. The third-order valence-corrected chi connectivity index (χ3v) is 7.77. The van der Waals surface area contributed by atoms with Gasteiger partial charge in [0.05, 0.1) is 18.8 Å². The number of nitrogens with zero attached hydrogens (tertiary/aromatic N) is 1. The van der Waals surface area contributed by atoms with Gasteiger partial charge in [-0.1, -0.05) is 66.7 Å². The van der Waals surface area contributed by atoms with Crippen LogP contribution in [0.2, 0.25) is 0 Å². The number of benzene rings is 3. The monoisotopic (exact) mass is 558 g/mol. The van der Waals surface area contributed by atoms with Crippen molar-refractivity contribution in [3.63, 3.8) is 0 Å². The van der Waals surface area contributed by atoms with Gasteiger partial charge in [0.1, 0.15) is 11.6 Å². The normalized spacial score (nSPS) is 23.4. The molecule has 4 atom stereocenters. The van der Waals surface area contributed by atoms with Crippen molar-refractivity contribution < 1.29 is 24.1 Å². The Bertz CT molecular complexity index is 1300. The molecular formula is C34H42N2O5. The SMILES string of the molecule is CC(C)(C)OC(=O)[C@@H]1CCCN1C[C@H]1C[C@@H](c2ccc(CO)cc2)O[C@@H](c2ccc(-c3cccc(CN)c3)cc2)O1. The van der Waals surface area contributed by atoms with E-state index in [1.54, 1.807) is 0 Å². The van der Waals surface area contributed by atoms with Gasteiger partial charge in [0, 0.05) is 25.1 Å². The molecule has 2 heterocycles. The van der Waals surface area contributed by atoms with Crippen LogP contribution in [0.4, 0.5) is 0 Å². The van der Waals surface area contributed by atoms with Crippen molar-refractivity contribution >= 4 is 5.97 Å². The van der Waals surface area contributed by atoms with Crippen LogP contribution in [0.1, 0.15) is 74.7 Å². The van der Waals surface area contributed by atoms with Crippen molar-refractivity contribution in [2.45, 2.75) is 83.3 Å². The minimum atomic E-state index is -0.553. The molecule has 3 N–H and O–H groups in total. The van der Waals surface area contributed by atoms with Gasteiger partial charge >= 0.3 is 5.97 Å². The molecule has 0 amide bonds. The second kappa shape index (κ2) is 12.8. The van der Waals surface area contributed by atoms with E-state index in [-0.39, 0.29) is 30.8 Å². The molecule has 2 saturated heterocycles. The summed E-state index contributed by atoms with van der Waals surface area (Å²) >= 11 is 0. The number of hydrogen-bond donors (Lipinski definition) is 2. The fourth-order valence-electron chi connectivity index (χ4n) is 5.69. The predicted molar refractivity (Wildman–Crippen MR) is 159 cm³/mol. The molecule has 218 valence electrons. The largest absolute Gasteiger partial charge is 0.459 e. The van der Waals surface area contributed by atoms with Gasteiger partial charge in [0.15, 0.2) is 6.29 Å². The maximum atomic E-state index is 13.0. The molecule has 3 aromatic carbocycles. The number of aliphatic hydroxyl groups excluding tert-OH is 1. The van der Waals surface area contributed by atoms with Gasteiger partial charge in [0.2, 0.25) is 0 Å². The first kappa shape index (κ1) is 29.4. The van der Waals surface area contributed by atoms with E-state index in [0.29, 0.717) is 19.5 Å². The fraction of sp³-hybridized carbons (Fsp3) is 0.441. The Morgan fingerprint density at radius 2 is 1.71 bits per heavy atom. The van der Waals surface area contributed by atoms with Gasteiger partial charge in [-0.3, -0.25) is 9.69 Å². The van der Waals surface area contributed by atoms with Crippen LogP contribution in [0.3, 0.4) is 0 Å². The molecule has 5 rings (SSSR count). The van der Waals surface area contributed by atoms with Crippen molar-refractivity contribution in [3.05, 3.63) is 95.1 Å². The van der Waals surface area contributed by atoms with E-state index in [4.69, 9.17) is 19.9 Å². The molecule has 3 aromatic rings. The Morgan fingerprint density at radius 1 is 0.976 bits per heavy atom. The summed E-state index contributed by atoms with van der Waals surface area (Å²) in [7, 11) is 0. The first-order valence-corrected chi connectivity index (χ1v) is 14.6. The Morgan fingerprint density at radius 3 is 2.39 bits per heavy atom. The molecule has 7 heteroatoms. The standard InChI is InChI=1S/C34H42N2O5/c1-34(2,3)41-32(38)30-8-5-17-36(30)21-29-19-31(26-11-9-23(22-37)10-12-26)40-33(39-29)27-15-13-25(14-16-27)28-7-4-6-24(18-28)20-35/h4,6-7,9-16,18,29-31,33,37H,5,8,17,19-22,35H2,1-3H3/t29-,30+,31+,33+/m1/s1. The van der Waals surface area contributed by atoms with Gasteiger partial charge in [0.25, 0.3) is 0 Å². The van der Waals surface area contributed by atoms with Gasteiger partial charge < -0.3 is 25.1 Å². The van der Waals surface area contributed by atoms with Crippen molar-refractivity contribution in [2.75, 3.05) is 13.1 Å². The lowest BCUT2D eigenvalue weighted by atomic mass is 9.98. The summed E-state index contributed by atoms with van der Waals surface area (Å²) in [6.07, 6.45) is 1.53. The van der Waals surface area contributed by atoms with Crippen LogP contribution in [0.15, 0.2) is 72.8 Å². The van der Waals surface area contributed by atoms with E-state index < -0.39 is 11.9 Å². The third kappa shape index (κ3) is 7.42. The lowest BCUT2D eigenvalue weighted by molar-refractivity contribution is -0.253. The Kier molecular flexibility index (Phi) is 9.22. The highest BCUT2D eigenvalue weighted by Gasteiger charge is 2.38. The number of esters is 1. The fourth-order valence-corrected chi connectivity index (χ4v) is 5.69. The van der Waals surface area contributed by atoms with Crippen LogP contribution in [-0.2, 0) is 32.2 Å². The van der Waals surface area contributed by atoms with Crippen LogP contribution in [0, 0.1) is 0 Å². The van der Waals surface area contributed by atoms with Gasteiger partial charge in [-0.15, -0.1) is 0 Å². The zero-order valence-electron chi connectivity index (χ0n) is 24.3. The molecule has 0 saturated carbocycles. The number of hydrogen-bond acceptors (Lipinski definition) is 7.